The third-order valence-electron chi connectivity index (χ3n) is 7.17. The molecule has 0 atom stereocenters. The number of nitrogens with zero attached hydrogens (tertiary/aromatic N) is 3. The third-order valence-corrected chi connectivity index (χ3v) is 7.39. The Morgan fingerprint density at radius 3 is 1.56 bits per heavy atom. The fraction of sp³-hybridized carbons (Fsp3) is 0. The lowest BCUT2D eigenvalue weighted by Crippen LogP contribution is -2.00. The zero-order valence-corrected chi connectivity index (χ0v) is 22.8. The molecule has 194 valence electrons. The molecule has 0 fully saturated rings. The SMILES string of the molecule is Clc1cc(-c2nc(-c3ccccc3)nc(-c3ccc(-c4ccccc4)cc3)n2)cc(-c2cccc3ccccc23)c1. The van der Waals surface area contributed by atoms with E-state index in [0.29, 0.717) is 22.5 Å². The van der Waals surface area contributed by atoms with Crippen LogP contribution in [0.1, 0.15) is 0 Å². The number of hydrogen-bond acceptors (Lipinski definition) is 3. The number of benzene rings is 6. The van der Waals surface area contributed by atoms with Crippen molar-refractivity contribution in [1.82, 2.24) is 15.0 Å². The van der Waals surface area contributed by atoms with E-state index in [-0.39, 0.29) is 0 Å². The van der Waals surface area contributed by atoms with E-state index >= 15 is 0 Å². The van der Waals surface area contributed by atoms with Crippen molar-refractivity contribution < 1.29 is 0 Å². The van der Waals surface area contributed by atoms with Crippen LogP contribution in [0.4, 0.5) is 0 Å². The molecule has 0 N–H and O–H groups in total. The van der Waals surface area contributed by atoms with Gasteiger partial charge in [-0.3, -0.25) is 0 Å². The topological polar surface area (TPSA) is 38.7 Å². The number of fused-ring (bicyclic) bond motifs is 1. The van der Waals surface area contributed by atoms with Gasteiger partial charge in [0.25, 0.3) is 0 Å². The predicted octanol–water partition coefficient (Wildman–Crippen LogP) is 10.0. The molecule has 4 heteroatoms. The van der Waals surface area contributed by atoms with E-state index in [4.69, 9.17) is 26.6 Å². The summed E-state index contributed by atoms with van der Waals surface area (Å²) < 4.78 is 0. The molecule has 0 saturated carbocycles. The first kappa shape index (κ1) is 24.9. The highest BCUT2D eigenvalue weighted by Crippen LogP contribution is 2.34. The van der Waals surface area contributed by atoms with Crippen LogP contribution in [0.3, 0.4) is 0 Å². The molecule has 0 amide bonds. The van der Waals surface area contributed by atoms with Crippen molar-refractivity contribution in [2.75, 3.05) is 0 Å². The standard InChI is InChI=1S/C37H24ClN3/c38-32-23-30(34-17-9-15-27-12-7-8-16-33(27)34)22-31(24-32)37-40-35(28-13-5-2-6-14-28)39-36(41-37)29-20-18-26(19-21-29)25-10-3-1-4-11-25/h1-24H. The molecule has 0 spiro atoms. The van der Waals surface area contributed by atoms with Crippen molar-refractivity contribution in [3.8, 4) is 56.4 Å². The van der Waals surface area contributed by atoms with Crippen LogP contribution in [0, 0.1) is 0 Å². The maximum Gasteiger partial charge on any atom is 0.164 e. The minimum Gasteiger partial charge on any atom is -0.208 e. The molecule has 3 nitrogen and oxygen atoms in total. The van der Waals surface area contributed by atoms with Gasteiger partial charge < -0.3 is 0 Å². The Kier molecular flexibility index (Phi) is 6.56. The highest BCUT2D eigenvalue weighted by molar-refractivity contribution is 6.31. The van der Waals surface area contributed by atoms with Crippen molar-refractivity contribution >= 4 is 22.4 Å². The summed E-state index contributed by atoms with van der Waals surface area (Å²) in [5, 5.41) is 2.98. The molecule has 1 heterocycles. The molecular formula is C37H24ClN3. The molecule has 0 aliphatic heterocycles. The molecular weight excluding hydrogens is 522 g/mol. The Labute approximate surface area is 243 Å². The Balaban J connectivity index is 1.37. The van der Waals surface area contributed by atoms with Crippen molar-refractivity contribution in [2.45, 2.75) is 0 Å². The fourth-order valence-electron chi connectivity index (χ4n) is 5.14. The second-order valence-corrected chi connectivity index (χ2v) is 10.3. The van der Waals surface area contributed by atoms with Crippen molar-refractivity contribution in [1.29, 1.82) is 0 Å². The molecule has 0 aliphatic rings. The van der Waals surface area contributed by atoms with Gasteiger partial charge in [-0.05, 0) is 51.2 Å². The molecule has 1 aromatic heterocycles. The van der Waals surface area contributed by atoms with E-state index in [1.165, 1.54) is 16.3 Å². The maximum atomic E-state index is 6.72. The second-order valence-electron chi connectivity index (χ2n) is 9.87. The summed E-state index contributed by atoms with van der Waals surface area (Å²) in [7, 11) is 0. The lowest BCUT2D eigenvalue weighted by molar-refractivity contribution is 1.07. The Morgan fingerprint density at radius 1 is 0.366 bits per heavy atom. The number of halogens is 1. The molecule has 0 bridgehead atoms. The van der Waals surface area contributed by atoms with Crippen LogP contribution in [0.25, 0.3) is 67.2 Å². The van der Waals surface area contributed by atoms with Crippen LogP contribution in [0.5, 0.6) is 0 Å². The molecule has 6 aromatic carbocycles. The average molecular weight is 546 g/mol. The molecule has 0 saturated heterocycles. The van der Waals surface area contributed by atoms with Gasteiger partial charge in [0.15, 0.2) is 17.5 Å². The predicted molar refractivity (Wildman–Crippen MR) is 170 cm³/mol. The number of rotatable bonds is 5. The van der Waals surface area contributed by atoms with E-state index in [2.05, 4.69) is 84.9 Å². The van der Waals surface area contributed by atoms with Gasteiger partial charge in [-0.15, -0.1) is 0 Å². The van der Waals surface area contributed by atoms with Gasteiger partial charge in [-0.2, -0.15) is 0 Å². The summed E-state index contributed by atoms with van der Waals surface area (Å²) in [4.78, 5) is 14.8. The number of aromatic nitrogens is 3. The molecule has 41 heavy (non-hydrogen) atoms. The summed E-state index contributed by atoms with van der Waals surface area (Å²) in [5.41, 5.74) is 7.11. The minimum atomic E-state index is 0.574. The van der Waals surface area contributed by atoms with Gasteiger partial charge in [0.2, 0.25) is 0 Å². The summed E-state index contributed by atoms with van der Waals surface area (Å²) >= 11 is 6.72. The first-order chi connectivity index (χ1) is 20.2. The quantitative estimate of drug-likeness (QED) is 0.216. The fourth-order valence-corrected chi connectivity index (χ4v) is 5.38. The summed E-state index contributed by atoms with van der Waals surface area (Å²) in [6.07, 6.45) is 0. The lowest BCUT2D eigenvalue weighted by Gasteiger charge is -2.12. The largest absolute Gasteiger partial charge is 0.208 e. The van der Waals surface area contributed by atoms with Crippen LogP contribution in [-0.2, 0) is 0 Å². The van der Waals surface area contributed by atoms with E-state index < -0.39 is 0 Å². The lowest BCUT2D eigenvalue weighted by atomic mass is 9.97. The van der Waals surface area contributed by atoms with Gasteiger partial charge in [0, 0.05) is 21.7 Å². The molecule has 7 aromatic rings. The van der Waals surface area contributed by atoms with E-state index in [0.717, 1.165) is 33.4 Å². The zero-order chi connectivity index (χ0) is 27.6. The molecule has 0 unspecified atom stereocenters. The Morgan fingerprint density at radius 2 is 0.854 bits per heavy atom. The van der Waals surface area contributed by atoms with Gasteiger partial charge >= 0.3 is 0 Å². The van der Waals surface area contributed by atoms with Crippen molar-refractivity contribution in [3.63, 3.8) is 0 Å². The van der Waals surface area contributed by atoms with E-state index in [1.54, 1.807) is 0 Å². The Hall–Kier alpha value is -5.12. The van der Waals surface area contributed by atoms with Crippen LogP contribution < -0.4 is 0 Å². The number of hydrogen-bond donors (Lipinski definition) is 0. The van der Waals surface area contributed by atoms with Gasteiger partial charge in [0.1, 0.15) is 0 Å². The molecule has 0 aliphatic carbocycles. The smallest absolute Gasteiger partial charge is 0.164 e. The average Bonchev–Trinajstić information content (AvgIpc) is 3.05. The van der Waals surface area contributed by atoms with Crippen LogP contribution in [0.15, 0.2) is 146 Å². The third kappa shape index (κ3) is 5.11. The maximum absolute atomic E-state index is 6.72. The summed E-state index contributed by atoms with van der Waals surface area (Å²) in [5.74, 6) is 1.80. The van der Waals surface area contributed by atoms with Gasteiger partial charge in [0.05, 0.1) is 0 Å². The second kappa shape index (κ2) is 10.8. The van der Waals surface area contributed by atoms with Crippen molar-refractivity contribution in [2.24, 2.45) is 0 Å². The Bertz CT molecular complexity index is 1980. The van der Waals surface area contributed by atoms with Gasteiger partial charge in [-0.1, -0.05) is 139 Å². The van der Waals surface area contributed by atoms with Crippen LogP contribution in [-0.4, -0.2) is 15.0 Å². The van der Waals surface area contributed by atoms with E-state index in [9.17, 15) is 0 Å². The molecule has 7 rings (SSSR count). The van der Waals surface area contributed by atoms with E-state index in [1.807, 2.05) is 60.7 Å². The highest BCUT2D eigenvalue weighted by Gasteiger charge is 2.15. The summed E-state index contributed by atoms with van der Waals surface area (Å²) in [6, 6.07) is 49.4. The minimum absolute atomic E-state index is 0.574. The summed E-state index contributed by atoms with van der Waals surface area (Å²) in [6.45, 7) is 0. The van der Waals surface area contributed by atoms with Crippen LogP contribution in [0.2, 0.25) is 5.02 Å². The van der Waals surface area contributed by atoms with Crippen LogP contribution >= 0.6 is 11.6 Å². The normalized spacial score (nSPS) is 11.0. The first-order valence-corrected chi connectivity index (χ1v) is 13.9. The van der Waals surface area contributed by atoms with Gasteiger partial charge in [-0.25, -0.2) is 15.0 Å². The highest BCUT2D eigenvalue weighted by atomic mass is 35.5. The first-order valence-electron chi connectivity index (χ1n) is 13.5. The zero-order valence-electron chi connectivity index (χ0n) is 22.1. The van der Waals surface area contributed by atoms with Crippen molar-refractivity contribution in [3.05, 3.63) is 151 Å². The molecule has 0 radical (unpaired) electrons. The monoisotopic (exact) mass is 545 g/mol.